The van der Waals surface area contributed by atoms with Gasteiger partial charge in [-0.2, -0.15) is 0 Å². The Balaban J connectivity index is 2.90. The third-order valence-corrected chi connectivity index (χ3v) is 4.01. The molecular formula is C17H32N2O3. The molecule has 1 aliphatic rings. The minimum atomic E-state index is -0.264. The first-order valence-electron chi connectivity index (χ1n) is 8.32. The highest BCUT2D eigenvalue weighted by Gasteiger charge is 2.35. The largest absolute Gasteiger partial charge is 0.369 e. The molecule has 0 amide bonds. The summed E-state index contributed by atoms with van der Waals surface area (Å²) >= 11 is 0. The van der Waals surface area contributed by atoms with E-state index in [1.165, 1.54) is 19.8 Å². The number of methoxy groups -OCH3 is 1. The summed E-state index contributed by atoms with van der Waals surface area (Å²) in [5, 5.41) is 1.84. The van der Waals surface area contributed by atoms with Gasteiger partial charge >= 0.3 is 5.97 Å². The Morgan fingerprint density at radius 3 is 2.36 bits per heavy atom. The van der Waals surface area contributed by atoms with Crippen molar-refractivity contribution < 1.29 is 14.4 Å². The van der Waals surface area contributed by atoms with E-state index in [9.17, 15) is 4.79 Å². The smallest absolute Gasteiger partial charge is 0.322 e. The Morgan fingerprint density at radius 1 is 1.23 bits per heavy atom. The van der Waals surface area contributed by atoms with Crippen LogP contribution in [0, 0.1) is 0 Å². The standard InChI is InChI=1S/C17H32N2O3/c1-6-11-18(13-21-5)16-9-7-8-10-17(16)19(12-14(2)3)22-15(4)20/h16-17H,2,6-13H2,1,3-5H3. The van der Waals surface area contributed by atoms with E-state index in [-0.39, 0.29) is 12.0 Å². The van der Waals surface area contributed by atoms with Gasteiger partial charge in [0.1, 0.15) is 0 Å². The summed E-state index contributed by atoms with van der Waals surface area (Å²) in [7, 11) is 1.73. The summed E-state index contributed by atoms with van der Waals surface area (Å²) in [6.45, 7) is 11.8. The minimum Gasteiger partial charge on any atom is -0.369 e. The molecule has 0 aliphatic heterocycles. The van der Waals surface area contributed by atoms with Crippen LogP contribution in [-0.2, 0) is 14.4 Å². The van der Waals surface area contributed by atoms with E-state index < -0.39 is 0 Å². The van der Waals surface area contributed by atoms with Crippen molar-refractivity contribution in [2.45, 2.75) is 65.0 Å². The number of carbonyl (C=O) groups is 1. The van der Waals surface area contributed by atoms with Crippen molar-refractivity contribution in [1.29, 1.82) is 0 Å². The molecular weight excluding hydrogens is 280 g/mol. The zero-order valence-corrected chi connectivity index (χ0v) is 14.6. The minimum absolute atomic E-state index is 0.205. The number of ether oxygens (including phenoxy) is 1. The second-order valence-corrected chi connectivity index (χ2v) is 6.26. The molecule has 0 aromatic carbocycles. The van der Waals surface area contributed by atoms with Gasteiger partial charge in [0.05, 0.1) is 19.3 Å². The van der Waals surface area contributed by atoms with Crippen molar-refractivity contribution in [2.24, 2.45) is 0 Å². The molecule has 0 heterocycles. The van der Waals surface area contributed by atoms with Crippen molar-refractivity contribution in [3.63, 3.8) is 0 Å². The van der Waals surface area contributed by atoms with Crippen LogP contribution in [0.2, 0.25) is 0 Å². The summed E-state index contributed by atoms with van der Waals surface area (Å²) in [5.41, 5.74) is 0.999. The molecule has 1 rings (SSSR count). The van der Waals surface area contributed by atoms with Crippen molar-refractivity contribution in [1.82, 2.24) is 9.96 Å². The van der Waals surface area contributed by atoms with E-state index in [4.69, 9.17) is 9.57 Å². The lowest BCUT2D eigenvalue weighted by atomic mass is 9.88. The van der Waals surface area contributed by atoms with E-state index >= 15 is 0 Å². The Kier molecular flexibility index (Phi) is 8.68. The van der Waals surface area contributed by atoms with E-state index in [1.807, 2.05) is 12.0 Å². The van der Waals surface area contributed by atoms with Crippen LogP contribution in [0.4, 0.5) is 0 Å². The second kappa shape index (κ2) is 9.98. The van der Waals surface area contributed by atoms with Gasteiger partial charge in [-0.15, -0.1) is 5.06 Å². The van der Waals surface area contributed by atoms with Gasteiger partial charge in [-0.05, 0) is 26.2 Å². The Hall–Kier alpha value is -0.910. The van der Waals surface area contributed by atoms with Crippen LogP contribution in [0.5, 0.6) is 0 Å². The molecule has 22 heavy (non-hydrogen) atoms. The van der Waals surface area contributed by atoms with Crippen LogP contribution >= 0.6 is 0 Å². The predicted octanol–water partition coefficient (Wildman–Crippen LogP) is 2.97. The maximum Gasteiger partial charge on any atom is 0.322 e. The van der Waals surface area contributed by atoms with Gasteiger partial charge in [-0.1, -0.05) is 31.9 Å². The van der Waals surface area contributed by atoms with Gasteiger partial charge in [-0.25, -0.2) is 0 Å². The average Bonchev–Trinajstić information content (AvgIpc) is 2.45. The van der Waals surface area contributed by atoms with Crippen LogP contribution in [0.15, 0.2) is 12.2 Å². The topological polar surface area (TPSA) is 42.0 Å². The van der Waals surface area contributed by atoms with Gasteiger partial charge in [-0.3, -0.25) is 9.69 Å². The quantitative estimate of drug-likeness (QED) is 0.372. The molecule has 2 atom stereocenters. The van der Waals surface area contributed by atoms with Gasteiger partial charge in [0, 0.05) is 26.6 Å². The first kappa shape index (κ1) is 19.1. The molecule has 0 spiro atoms. The van der Waals surface area contributed by atoms with E-state index in [2.05, 4.69) is 18.4 Å². The summed E-state index contributed by atoms with van der Waals surface area (Å²) in [5.74, 6) is -0.264. The van der Waals surface area contributed by atoms with Crippen LogP contribution in [0.1, 0.15) is 52.9 Å². The van der Waals surface area contributed by atoms with Crippen LogP contribution < -0.4 is 0 Å². The maximum atomic E-state index is 11.5. The number of carbonyl (C=O) groups excluding carboxylic acids is 1. The third kappa shape index (κ3) is 6.07. The van der Waals surface area contributed by atoms with Crippen molar-refractivity contribution in [3.05, 3.63) is 12.2 Å². The molecule has 5 heteroatoms. The first-order chi connectivity index (χ1) is 10.5. The maximum absolute atomic E-state index is 11.5. The van der Waals surface area contributed by atoms with E-state index in [0.29, 0.717) is 19.3 Å². The predicted molar refractivity (Wildman–Crippen MR) is 88.2 cm³/mol. The van der Waals surface area contributed by atoms with Crippen LogP contribution in [-0.4, -0.2) is 54.9 Å². The average molecular weight is 312 g/mol. The fourth-order valence-electron chi connectivity index (χ4n) is 3.28. The highest BCUT2D eigenvalue weighted by Crippen LogP contribution is 2.28. The van der Waals surface area contributed by atoms with Crippen molar-refractivity contribution in [2.75, 3.05) is 26.9 Å². The van der Waals surface area contributed by atoms with Gasteiger partial charge < -0.3 is 9.57 Å². The number of nitrogens with zero attached hydrogens (tertiary/aromatic N) is 2. The summed E-state index contributed by atoms with van der Waals surface area (Å²) < 4.78 is 5.38. The normalized spacial score (nSPS) is 22.1. The fraction of sp³-hybridized carbons (Fsp3) is 0.824. The summed E-state index contributed by atoms with van der Waals surface area (Å²) in [6, 6.07) is 0.559. The molecule has 0 N–H and O–H groups in total. The molecule has 0 aromatic heterocycles. The molecule has 1 aliphatic carbocycles. The summed E-state index contributed by atoms with van der Waals surface area (Å²) in [4.78, 5) is 19.4. The molecule has 1 saturated carbocycles. The lowest BCUT2D eigenvalue weighted by molar-refractivity contribution is -0.208. The zero-order chi connectivity index (χ0) is 16.5. The molecule has 1 fully saturated rings. The van der Waals surface area contributed by atoms with Crippen LogP contribution in [0.25, 0.3) is 0 Å². The number of hydrogen-bond acceptors (Lipinski definition) is 5. The zero-order valence-electron chi connectivity index (χ0n) is 14.6. The SMILES string of the molecule is C=C(C)CN(OC(C)=O)C1CCCCC1N(CCC)COC. The van der Waals surface area contributed by atoms with Gasteiger partial charge in [0.2, 0.25) is 0 Å². The first-order valence-corrected chi connectivity index (χ1v) is 8.32. The fourth-order valence-corrected chi connectivity index (χ4v) is 3.28. The highest BCUT2D eigenvalue weighted by molar-refractivity contribution is 5.65. The van der Waals surface area contributed by atoms with E-state index in [1.54, 1.807) is 7.11 Å². The monoisotopic (exact) mass is 312 g/mol. The number of hydroxylamine groups is 2. The van der Waals surface area contributed by atoms with Gasteiger partial charge in [0.25, 0.3) is 0 Å². The lowest BCUT2D eigenvalue weighted by Gasteiger charge is -2.43. The third-order valence-electron chi connectivity index (χ3n) is 4.01. The molecule has 0 radical (unpaired) electrons. The second-order valence-electron chi connectivity index (χ2n) is 6.26. The molecule has 5 nitrogen and oxygen atoms in total. The molecule has 0 saturated heterocycles. The number of rotatable bonds is 9. The van der Waals surface area contributed by atoms with Crippen LogP contribution in [0.3, 0.4) is 0 Å². The van der Waals surface area contributed by atoms with Crippen molar-refractivity contribution >= 4 is 5.97 Å². The van der Waals surface area contributed by atoms with E-state index in [0.717, 1.165) is 31.4 Å². The lowest BCUT2D eigenvalue weighted by Crippen LogP contribution is -2.54. The Labute approximate surface area is 135 Å². The molecule has 0 bridgehead atoms. The Bertz CT molecular complexity index is 338. The summed E-state index contributed by atoms with van der Waals surface area (Å²) in [6.07, 6.45) is 5.62. The van der Waals surface area contributed by atoms with Gasteiger partial charge in [0.15, 0.2) is 0 Å². The molecule has 0 aromatic rings. The number of hydrogen-bond donors (Lipinski definition) is 0. The Morgan fingerprint density at radius 2 is 1.86 bits per heavy atom. The molecule has 2 unspecified atom stereocenters. The highest BCUT2D eigenvalue weighted by atomic mass is 16.7. The van der Waals surface area contributed by atoms with Crippen molar-refractivity contribution in [3.8, 4) is 0 Å². The molecule has 128 valence electrons.